The summed E-state index contributed by atoms with van der Waals surface area (Å²) in [5.41, 5.74) is 1.48. The number of anilines is 1. The van der Waals surface area contributed by atoms with Crippen molar-refractivity contribution in [1.82, 2.24) is 29.9 Å². The fraction of sp³-hybridized carbons (Fsp3) is 0.583. The second-order valence-electron chi connectivity index (χ2n) is 9.22. The quantitative estimate of drug-likeness (QED) is 0.717. The molecule has 1 atom stereocenters. The second kappa shape index (κ2) is 9.91. The van der Waals surface area contributed by atoms with Gasteiger partial charge in [0.15, 0.2) is 5.82 Å². The van der Waals surface area contributed by atoms with E-state index in [1.54, 1.807) is 24.4 Å². The van der Waals surface area contributed by atoms with Crippen molar-refractivity contribution in [3.05, 3.63) is 41.3 Å². The van der Waals surface area contributed by atoms with Crippen LogP contribution >= 0.6 is 0 Å². The molecule has 2 aromatic rings. The van der Waals surface area contributed by atoms with Crippen molar-refractivity contribution < 1.29 is 9.59 Å². The number of aromatic amines is 1. The van der Waals surface area contributed by atoms with E-state index in [9.17, 15) is 9.59 Å². The summed E-state index contributed by atoms with van der Waals surface area (Å²) in [6.45, 7) is 12.4. The summed E-state index contributed by atoms with van der Waals surface area (Å²) in [4.78, 5) is 36.5. The third kappa shape index (κ3) is 4.73. The fourth-order valence-electron chi connectivity index (χ4n) is 4.65. The van der Waals surface area contributed by atoms with Gasteiger partial charge in [0.25, 0.3) is 5.91 Å². The molecule has 180 valence electrons. The zero-order valence-corrected chi connectivity index (χ0v) is 19.4. The van der Waals surface area contributed by atoms with Crippen LogP contribution in [0.2, 0.25) is 0 Å². The number of piperazine rings is 1. The molecule has 2 aliphatic rings. The summed E-state index contributed by atoms with van der Waals surface area (Å²) in [6.07, 6.45) is 3.95. The van der Waals surface area contributed by atoms with Gasteiger partial charge in [-0.2, -0.15) is 5.10 Å². The van der Waals surface area contributed by atoms with E-state index in [1.807, 2.05) is 23.6 Å². The molecule has 0 saturated carbocycles. The normalized spacial score (nSPS) is 19.7. The lowest BCUT2D eigenvalue weighted by Gasteiger charge is -2.44. The SMILES string of the molecule is C.CCCCN1CCN(C(=O)N2Cc3c(NC(=O)c4ccccn4)n[nH]c3C2(C)C)[C@@H](C)C1. The maximum absolute atomic E-state index is 13.6. The number of carbonyl (C=O) groups is 2. The van der Waals surface area contributed by atoms with Gasteiger partial charge in [0.2, 0.25) is 0 Å². The zero-order valence-electron chi connectivity index (χ0n) is 19.4. The van der Waals surface area contributed by atoms with Crippen LogP contribution in [0.25, 0.3) is 0 Å². The van der Waals surface area contributed by atoms with Gasteiger partial charge in [0, 0.05) is 37.4 Å². The number of H-pyrrole nitrogens is 1. The predicted octanol–water partition coefficient (Wildman–Crippen LogP) is 3.67. The Labute approximate surface area is 196 Å². The highest BCUT2D eigenvalue weighted by Gasteiger charge is 2.46. The van der Waals surface area contributed by atoms with E-state index in [0.717, 1.165) is 37.4 Å². The van der Waals surface area contributed by atoms with Crippen LogP contribution in [0, 0.1) is 0 Å². The van der Waals surface area contributed by atoms with Crippen LogP contribution in [-0.2, 0) is 12.1 Å². The highest BCUT2D eigenvalue weighted by molar-refractivity contribution is 6.02. The second-order valence-corrected chi connectivity index (χ2v) is 9.22. The number of rotatable bonds is 5. The van der Waals surface area contributed by atoms with Crippen molar-refractivity contribution in [1.29, 1.82) is 0 Å². The third-order valence-corrected chi connectivity index (χ3v) is 6.62. The van der Waals surface area contributed by atoms with E-state index in [4.69, 9.17) is 0 Å². The van der Waals surface area contributed by atoms with Crippen LogP contribution in [0.4, 0.5) is 10.6 Å². The molecule has 9 nitrogen and oxygen atoms in total. The highest BCUT2D eigenvalue weighted by Crippen LogP contribution is 2.41. The van der Waals surface area contributed by atoms with Gasteiger partial charge in [0.05, 0.1) is 17.8 Å². The van der Waals surface area contributed by atoms with Crippen LogP contribution in [-0.4, -0.2) is 74.0 Å². The summed E-state index contributed by atoms with van der Waals surface area (Å²) in [5.74, 6) is 0.135. The molecule has 0 unspecified atom stereocenters. The maximum Gasteiger partial charge on any atom is 0.321 e. The molecule has 2 aliphatic heterocycles. The van der Waals surface area contributed by atoms with Gasteiger partial charge in [-0.25, -0.2) is 4.79 Å². The van der Waals surface area contributed by atoms with Crippen molar-refractivity contribution in [2.24, 2.45) is 0 Å². The first kappa shape index (κ1) is 24.7. The largest absolute Gasteiger partial charge is 0.321 e. The molecule has 0 aromatic carbocycles. The number of fused-ring (bicyclic) bond motifs is 1. The number of aromatic nitrogens is 3. The van der Waals surface area contributed by atoms with Crippen LogP contribution < -0.4 is 5.32 Å². The number of hydrogen-bond donors (Lipinski definition) is 2. The molecule has 9 heteroatoms. The van der Waals surface area contributed by atoms with E-state index in [0.29, 0.717) is 18.1 Å². The van der Waals surface area contributed by atoms with Gasteiger partial charge in [-0.05, 0) is 45.9 Å². The minimum absolute atomic E-state index is 0. The minimum Gasteiger partial charge on any atom is -0.319 e. The molecule has 2 N–H and O–H groups in total. The van der Waals surface area contributed by atoms with Gasteiger partial charge in [0.1, 0.15) is 5.69 Å². The number of urea groups is 1. The summed E-state index contributed by atoms with van der Waals surface area (Å²) in [5, 5.41) is 10.2. The average molecular weight is 456 g/mol. The number of unbranched alkanes of at least 4 members (excludes halogenated alkanes) is 1. The van der Waals surface area contributed by atoms with E-state index < -0.39 is 5.54 Å². The molecule has 0 bridgehead atoms. The molecular formula is C24H37N7O2. The van der Waals surface area contributed by atoms with E-state index in [1.165, 1.54) is 12.8 Å². The van der Waals surface area contributed by atoms with Crippen LogP contribution in [0.3, 0.4) is 0 Å². The average Bonchev–Trinajstić information content (AvgIpc) is 3.30. The highest BCUT2D eigenvalue weighted by atomic mass is 16.2. The fourth-order valence-corrected chi connectivity index (χ4v) is 4.65. The van der Waals surface area contributed by atoms with E-state index in [-0.39, 0.29) is 25.4 Å². The Morgan fingerprint density at radius 2 is 2.06 bits per heavy atom. The smallest absolute Gasteiger partial charge is 0.319 e. The Morgan fingerprint density at radius 3 is 2.73 bits per heavy atom. The van der Waals surface area contributed by atoms with Crippen molar-refractivity contribution in [3.8, 4) is 0 Å². The molecule has 0 radical (unpaired) electrons. The van der Waals surface area contributed by atoms with Crippen molar-refractivity contribution >= 4 is 17.8 Å². The number of hydrogen-bond acceptors (Lipinski definition) is 5. The Morgan fingerprint density at radius 1 is 1.27 bits per heavy atom. The van der Waals surface area contributed by atoms with Crippen molar-refractivity contribution in [3.63, 3.8) is 0 Å². The lowest BCUT2D eigenvalue weighted by atomic mass is 10.0. The van der Waals surface area contributed by atoms with E-state index in [2.05, 4.69) is 39.2 Å². The Kier molecular flexibility index (Phi) is 7.41. The molecular weight excluding hydrogens is 418 g/mol. The number of nitrogens with one attached hydrogen (secondary N) is 2. The van der Waals surface area contributed by atoms with Crippen LogP contribution in [0.15, 0.2) is 24.4 Å². The number of amides is 3. The van der Waals surface area contributed by atoms with Crippen LogP contribution in [0.5, 0.6) is 0 Å². The molecule has 1 saturated heterocycles. The first-order valence-corrected chi connectivity index (χ1v) is 11.4. The monoisotopic (exact) mass is 455 g/mol. The number of carbonyl (C=O) groups excluding carboxylic acids is 2. The molecule has 1 fully saturated rings. The molecule has 4 heterocycles. The topological polar surface area (TPSA) is 97.5 Å². The lowest BCUT2D eigenvalue weighted by molar-refractivity contribution is 0.0586. The minimum atomic E-state index is -0.549. The van der Waals surface area contributed by atoms with Crippen molar-refractivity contribution in [2.75, 3.05) is 31.5 Å². The predicted molar refractivity (Wildman–Crippen MR) is 129 cm³/mol. The maximum atomic E-state index is 13.6. The van der Waals surface area contributed by atoms with Gasteiger partial charge in [-0.3, -0.25) is 19.8 Å². The van der Waals surface area contributed by atoms with E-state index >= 15 is 0 Å². The third-order valence-electron chi connectivity index (χ3n) is 6.62. The summed E-state index contributed by atoms with van der Waals surface area (Å²) in [6, 6.07) is 5.38. The summed E-state index contributed by atoms with van der Waals surface area (Å²) in [7, 11) is 0. The van der Waals surface area contributed by atoms with Gasteiger partial charge in [-0.15, -0.1) is 0 Å². The lowest BCUT2D eigenvalue weighted by Crippen LogP contribution is -2.58. The molecule has 0 spiro atoms. The molecule has 4 rings (SSSR count). The Bertz CT molecular complexity index is 972. The summed E-state index contributed by atoms with van der Waals surface area (Å²) >= 11 is 0. The standard InChI is InChI=1S/C23H33N7O2.CH4/c1-5-6-11-28-12-13-29(16(2)14-28)22(32)30-15-17-19(23(30,3)4)26-27-20(17)25-21(31)18-9-7-8-10-24-18;/h7-10,16H,5-6,11-15H2,1-4H3,(H2,25,26,27,31);1H4/t16-;/m0./s1. The Hall–Kier alpha value is -2.94. The van der Waals surface area contributed by atoms with Gasteiger partial charge >= 0.3 is 6.03 Å². The molecule has 33 heavy (non-hydrogen) atoms. The first-order valence-electron chi connectivity index (χ1n) is 11.4. The first-order chi connectivity index (χ1) is 15.3. The Balaban J connectivity index is 0.00000306. The molecule has 3 amide bonds. The molecule has 2 aromatic heterocycles. The number of nitrogens with zero attached hydrogens (tertiary/aromatic N) is 5. The number of pyridine rings is 1. The summed E-state index contributed by atoms with van der Waals surface area (Å²) < 4.78 is 0. The van der Waals surface area contributed by atoms with Gasteiger partial charge < -0.3 is 15.1 Å². The van der Waals surface area contributed by atoms with Crippen LogP contribution in [0.1, 0.15) is 69.7 Å². The zero-order chi connectivity index (χ0) is 22.9. The van der Waals surface area contributed by atoms with Gasteiger partial charge in [-0.1, -0.05) is 26.8 Å². The van der Waals surface area contributed by atoms with Crippen molar-refractivity contribution in [2.45, 2.75) is 66.1 Å². The molecule has 0 aliphatic carbocycles.